The number of rotatable bonds is 0. The molecule has 0 bridgehead atoms. The maximum Gasteiger partial charge on any atom is -0.0397 e. The predicted molar refractivity (Wildman–Crippen MR) is 42.5 cm³/mol. The Labute approximate surface area is 58.5 Å². The molecule has 0 radical (unpaired) electrons. The molecule has 0 fully saturated rings. The molecule has 0 atom stereocenters. The highest BCUT2D eigenvalue weighted by Crippen LogP contribution is 2.04. The first-order valence-electron chi connectivity index (χ1n) is 2.97. The molecule has 0 aliphatic rings. The summed E-state index contributed by atoms with van der Waals surface area (Å²) < 4.78 is 0. The van der Waals surface area contributed by atoms with Gasteiger partial charge in [0.2, 0.25) is 0 Å². The van der Waals surface area contributed by atoms with E-state index >= 15 is 0 Å². The molecule has 0 unspecified atom stereocenters. The van der Waals surface area contributed by atoms with Crippen molar-refractivity contribution in [2.45, 2.75) is 13.8 Å². The summed E-state index contributed by atoms with van der Waals surface area (Å²) in [6, 6.07) is 6.12. The molecule has 0 nitrogen and oxygen atoms in total. The van der Waals surface area contributed by atoms with Crippen molar-refractivity contribution in [1.29, 1.82) is 0 Å². The van der Waals surface area contributed by atoms with Gasteiger partial charge in [-0.25, -0.2) is 0 Å². The minimum Gasteiger partial charge on any atom is -1.45 e. The number of benzene rings is 1. The van der Waals surface area contributed by atoms with Gasteiger partial charge in [0.1, 0.15) is 0 Å². The maximum absolute atomic E-state index is 4.27. The largest absolute Gasteiger partial charge is 1.45 e. The molecule has 0 aliphatic heterocycles. The lowest BCUT2D eigenvalue weighted by Gasteiger charge is -2.36. The Morgan fingerprint density at radius 3 is 2.33 bits per heavy atom. The molecule has 1 rings (SSSR count). The zero-order chi connectivity index (χ0) is 6.85. The Morgan fingerprint density at radius 2 is 1.89 bits per heavy atom. The average molecular weight is 136 g/mol. The van der Waals surface area contributed by atoms with Gasteiger partial charge in [-0.3, -0.25) is 0 Å². The van der Waals surface area contributed by atoms with Crippen molar-refractivity contribution >= 4 is 14.5 Å². The Kier molecular flexibility index (Phi) is 1.87. The smallest absolute Gasteiger partial charge is 0.0397 e. The third kappa shape index (κ3) is 1.31. The molecule has 0 N–H and O–H groups in total. The van der Waals surface area contributed by atoms with Crippen LogP contribution in [0.3, 0.4) is 0 Å². The summed E-state index contributed by atoms with van der Waals surface area (Å²) in [7, 11) is 4.27. The minimum atomic E-state index is 1.08. The van der Waals surface area contributed by atoms with E-state index in [4.69, 9.17) is 0 Å². The third-order valence-electron chi connectivity index (χ3n) is 1.58. The lowest BCUT2D eigenvalue weighted by atomic mass is 10.1. The summed E-state index contributed by atoms with van der Waals surface area (Å²) in [4.78, 5) is 0. The van der Waals surface area contributed by atoms with Crippen molar-refractivity contribution in [3.63, 3.8) is 0 Å². The average Bonchev–Trinajstić information content (AvgIpc) is 1.83. The predicted octanol–water partition coefficient (Wildman–Crippen LogP) is 2.34. The van der Waals surface area contributed by atoms with Crippen LogP contribution in [0, 0.1) is 13.8 Å². The fourth-order valence-corrected chi connectivity index (χ4v) is 0.998. The van der Waals surface area contributed by atoms with Crippen molar-refractivity contribution in [3.8, 4) is 0 Å². The van der Waals surface area contributed by atoms with Gasteiger partial charge in [-0.05, 0) is 13.8 Å². The van der Waals surface area contributed by atoms with Crippen LogP contribution < -0.4 is 5.30 Å². The Hall–Kier alpha value is -0.350. The van der Waals surface area contributed by atoms with Crippen LogP contribution in [0.4, 0.5) is 0 Å². The highest BCUT2D eigenvalue weighted by Gasteiger charge is 1.81. The number of hydrogen-bond donors (Lipinski definition) is 0. The van der Waals surface area contributed by atoms with E-state index in [1.807, 2.05) is 12.1 Å². The maximum atomic E-state index is 4.27. The third-order valence-corrected chi connectivity index (χ3v) is 2.06. The molecule has 1 heteroatoms. The SMILES string of the molecule is Cc1cccc([P-2])c1C. The fourth-order valence-electron chi connectivity index (χ4n) is 0.736. The quantitative estimate of drug-likeness (QED) is 0.480. The van der Waals surface area contributed by atoms with Gasteiger partial charge in [0, 0.05) is 0 Å². The topological polar surface area (TPSA) is 0 Å². The van der Waals surface area contributed by atoms with Crippen LogP contribution in [0.5, 0.6) is 0 Å². The summed E-state index contributed by atoms with van der Waals surface area (Å²) in [5, 5.41) is 1.08. The summed E-state index contributed by atoms with van der Waals surface area (Å²) in [5.41, 5.74) is 2.59. The van der Waals surface area contributed by atoms with Crippen LogP contribution in [-0.4, -0.2) is 0 Å². The summed E-state index contributed by atoms with van der Waals surface area (Å²) >= 11 is 0. The summed E-state index contributed by atoms with van der Waals surface area (Å²) in [5.74, 6) is 0. The van der Waals surface area contributed by atoms with Gasteiger partial charge in [0.15, 0.2) is 0 Å². The molecule has 0 aliphatic carbocycles. The van der Waals surface area contributed by atoms with Crippen molar-refractivity contribution in [2.75, 3.05) is 0 Å². The van der Waals surface area contributed by atoms with Crippen molar-refractivity contribution in [3.05, 3.63) is 29.3 Å². The van der Waals surface area contributed by atoms with Crippen molar-refractivity contribution in [2.24, 2.45) is 0 Å². The van der Waals surface area contributed by atoms with Gasteiger partial charge in [-0.15, -0.1) is 11.6 Å². The molecule has 0 saturated carbocycles. The van der Waals surface area contributed by atoms with E-state index in [1.165, 1.54) is 11.1 Å². The first kappa shape index (κ1) is 6.77. The monoisotopic (exact) mass is 136 g/mol. The van der Waals surface area contributed by atoms with Gasteiger partial charge in [0.05, 0.1) is 0 Å². The molecule has 0 aromatic heterocycles. The highest BCUT2D eigenvalue weighted by atomic mass is 31.0. The molecule has 0 heterocycles. The van der Waals surface area contributed by atoms with E-state index < -0.39 is 0 Å². The second kappa shape index (κ2) is 2.49. The number of hydrogen-bond acceptors (Lipinski definition) is 0. The molecular formula is C8H9P-2. The first-order valence-corrected chi connectivity index (χ1v) is 3.41. The summed E-state index contributed by atoms with van der Waals surface area (Å²) in [6.07, 6.45) is 0. The summed E-state index contributed by atoms with van der Waals surface area (Å²) in [6.45, 7) is 4.17. The zero-order valence-electron chi connectivity index (χ0n) is 5.68. The fraction of sp³-hybridized carbons (Fsp3) is 0.250. The molecular weight excluding hydrogens is 127 g/mol. The van der Waals surface area contributed by atoms with E-state index in [1.54, 1.807) is 0 Å². The van der Waals surface area contributed by atoms with Gasteiger partial charge in [-0.1, -0.05) is 17.7 Å². The van der Waals surface area contributed by atoms with Crippen LogP contribution in [0.1, 0.15) is 11.1 Å². The Bertz CT molecular complexity index is 196. The Balaban J connectivity index is 3.25. The second-order valence-corrected chi connectivity index (χ2v) is 2.70. The Morgan fingerprint density at radius 1 is 1.22 bits per heavy atom. The second-order valence-electron chi connectivity index (χ2n) is 2.22. The normalized spacial score (nSPS) is 9.67. The lowest BCUT2D eigenvalue weighted by molar-refractivity contribution is 1.37. The van der Waals surface area contributed by atoms with Gasteiger partial charge >= 0.3 is 0 Å². The lowest BCUT2D eigenvalue weighted by Crippen LogP contribution is -1.97. The molecule has 0 saturated heterocycles. The van der Waals surface area contributed by atoms with Crippen LogP contribution in [0.15, 0.2) is 18.2 Å². The van der Waals surface area contributed by atoms with Crippen molar-refractivity contribution in [1.82, 2.24) is 0 Å². The van der Waals surface area contributed by atoms with Crippen molar-refractivity contribution < 1.29 is 0 Å². The van der Waals surface area contributed by atoms with Gasteiger partial charge in [0.25, 0.3) is 0 Å². The van der Waals surface area contributed by atoms with Crippen LogP contribution >= 0.6 is 9.24 Å². The van der Waals surface area contributed by atoms with Crippen LogP contribution in [-0.2, 0) is 0 Å². The van der Waals surface area contributed by atoms with Crippen LogP contribution in [0.25, 0.3) is 0 Å². The van der Waals surface area contributed by atoms with E-state index in [9.17, 15) is 0 Å². The van der Waals surface area contributed by atoms with Crippen LogP contribution in [0.2, 0.25) is 0 Å². The zero-order valence-corrected chi connectivity index (χ0v) is 6.57. The van der Waals surface area contributed by atoms with Gasteiger partial charge < -0.3 is 14.5 Å². The first-order chi connectivity index (χ1) is 4.22. The van der Waals surface area contributed by atoms with Gasteiger partial charge in [-0.2, -0.15) is 0 Å². The van der Waals surface area contributed by atoms with E-state index in [-0.39, 0.29) is 0 Å². The molecule has 1 aromatic carbocycles. The van der Waals surface area contributed by atoms with E-state index in [2.05, 4.69) is 29.2 Å². The standard InChI is InChI=1S/C8H9P/c1-6-4-3-5-8(9)7(6)2/h3-5H,1-2H3/q-2. The highest BCUT2D eigenvalue weighted by molar-refractivity contribution is 7.27. The molecule has 48 valence electrons. The van der Waals surface area contributed by atoms with E-state index in [0.29, 0.717) is 0 Å². The number of aryl methyl sites for hydroxylation is 1. The molecule has 9 heavy (non-hydrogen) atoms. The molecule has 0 spiro atoms. The van der Waals surface area contributed by atoms with E-state index in [0.717, 1.165) is 5.30 Å². The minimum absolute atomic E-state index is 1.08. The molecule has 0 amide bonds. The molecule has 1 aromatic rings.